The minimum atomic E-state index is -0.628. The quantitative estimate of drug-likeness (QED) is 0.350. The third-order valence-corrected chi connectivity index (χ3v) is 3.84. The number of esters is 1. The molecule has 3 rings (SSSR count). The second-order valence-electron chi connectivity index (χ2n) is 5.78. The van der Waals surface area contributed by atoms with E-state index in [1.165, 1.54) is 18.2 Å². The predicted octanol–water partition coefficient (Wildman–Crippen LogP) is 4.53. The summed E-state index contributed by atoms with van der Waals surface area (Å²) in [4.78, 5) is 23.0. The summed E-state index contributed by atoms with van der Waals surface area (Å²) in [5, 5.41) is 11.4. The lowest BCUT2D eigenvalue weighted by atomic mass is 10.2. The van der Waals surface area contributed by atoms with E-state index < -0.39 is 10.9 Å². The minimum absolute atomic E-state index is 0.0970. The van der Waals surface area contributed by atoms with Gasteiger partial charge in [0.05, 0.1) is 10.5 Å². The first-order valence-electron chi connectivity index (χ1n) is 8.29. The highest BCUT2D eigenvalue weighted by Gasteiger charge is 2.19. The molecular weight excluding hydrogens is 346 g/mol. The highest BCUT2D eigenvalue weighted by Crippen LogP contribution is 2.29. The Morgan fingerprint density at radius 2 is 1.44 bits per heavy atom. The van der Waals surface area contributed by atoms with E-state index in [1.54, 1.807) is 0 Å². The van der Waals surface area contributed by atoms with Gasteiger partial charge in [-0.1, -0.05) is 60.7 Å². The third kappa shape index (κ3) is 4.92. The van der Waals surface area contributed by atoms with E-state index in [4.69, 9.17) is 9.47 Å². The molecule has 0 spiro atoms. The van der Waals surface area contributed by atoms with E-state index >= 15 is 0 Å². The summed E-state index contributed by atoms with van der Waals surface area (Å²) in [6.07, 6.45) is 0. The number of hydrogen-bond acceptors (Lipinski definition) is 5. The molecule has 0 aliphatic heterocycles. The Morgan fingerprint density at radius 1 is 0.852 bits per heavy atom. The van der Waals surface area contributed by atoms with Crippen LogP contribution in [0.1, 0.15) is 21.5 Å². The summed E-state index contributed by atoms with van der Waals surface area (Å²) in [6, 6.07) is 22.6. The van der Waals surface area contributed by atoms with Gasteiger partial charge in [-0.2, -0.15) is 0 Å². The van der Waals surface area contributed by atoms with Gasteiger partial charge in [-0.3, -0.25) is 10.1 Å². The molecule has 0 N–H and O–H groups in total. The van der Waals surface area contributed by atoms with Crippen molar-refractivity contribution in [1.82, 2.24) is 0 Å². The number of carbonyl (C=O) groups is 1. The molecule has 6 nitrogen and oxygen atoms in total. The van der Waals surface area contributed by atoms with Crippen molar-refractivity contribution in [3.05, 3.63) is 106 Å². The summed E-state index contributed by atoms with van der Waals surface area (Å²) in [5.41, 5.74) is 1.55. The smallest absolute Gasteiger partial charge is 0.338 e. The first kappa shape index (κ1) is 18.1. The van der Waals surface area contributed by atoms with Crippen LogP contribution in [0.15, 0.2) is 78.9 Å². The standard InChI is InChI=1S/C21H17NO5/c23-21(27-15-17-9-5-2-6-10-17)18-11-12-20(19(13-18)22(24)25)26-14-16-7-3-1-4-8-16/h1-13H,14-15H2. The maximum Gasteiger partial charge on any atom is 0.338 e. The predicted molar refractivity (Wildman–Crippen MR) is 99.4 cm³/mol. The normalized spacial score (nSPS) is 10.2. The number of rotatable bonds is 7. The number of benzene rings is 3. The molecule has 3 aromatic carbocycles. The van der Waals surface area contributed by atoms with Gasteiger partial charge in [-0.05, 0) is 23.3 Å². The van der Waals surface area contributed by atoms with Gasteiger partial charge in [0.1, 0.15) is 13.2 Å². The fraction of sp³-hybridized carbons (Fsp3) is 0.0952. The van der Waals surface area contributed by atoms with Crippen molar-refractivity contribution in [2.24, 2.45) is 0 Å². The number of carbonyl (C=O) groups excluding carboxylic acids is 1. The van der Waals surface area contributed by atoms with Gasteiger partial charge in [0.15, 0.2) is 5.75 Å². The monoisotopic (exact) mass is 363 g/mol. The van der Waals surface area contributed by atoms with Crippen LogP contribution in [0, 0.1) is 10.1 Å². The van der Waals surface area contributed by atoms with Crippen LogP contribution in [0.4, 0.5) is 5.69 Å². The van der Waals surface area contributed by atoms with Crippen LogP contribution < -0.4 is 4.74 Å². The van der Waals surface area contributed by atoms with E-state index in [-0.39, 0.29) is 30.2 Å². The van der Waals surface area contributed by atoms with Gasteiger partial charge in [-0.15, -0.1) is 0 Å². The molecule has 0 atom stereocenters. The molecule has 0 unspecified atom stereocenters. The lowest BCUT2D eigenvalue weighted by Crippen LogP contribution is -2.07. The van der Waals surface area contributed by atoms with Crippen LogP contribution >= 0.6 is 0 Å². The minimum Gasteiger partial charge on any atom is -0.482 e. The third-order valence-electron chi connectivity index (χ3n) is 3.84. The molecule has 0 aliphatic carbocycles. The first-order chi connectivity index (χ1) is 13.1. The van der Waals surface area contributed by atoms with Crippen molar-refractivity contribution in [2.75, 3.05) is 0 Å². The molecule has 0 saturated carbocycles. The topological polar surface area (TPSA) is 78.7 Å². The average Bonchev–Trinajstić information content (AvgIpc) is 2.72. The summed E-state index contributed by atoms with van der Waals surface area (Å²) in [6.45, 7) is 0.291. The molecule has 0 bridgehead atoms. The molecule has 0 fully saturated rings. The summed E-state index contributed by atoms with van der Waals surface area (Å²) >= 11 is 0. The largest absolute Gasteiger partial charge is 0.482 e. The zero-order valence-electron chi connectivity index (χ0n) is 14.4. The Morgan fingerprint density at radius 3 is 2.04 bits per heavy atom. The van der Waals surface area contributed by atoms with Crippen LogP contribution in [0.25, 0.3) is 0 Å². The van der Waals surface area contributed by atoms with Crippen molar-refractivity contribution >= 4 is 11.7 Å². The molecule has 0 radical (unpaired) electrons. The fourth-order valence-corrected chi connectivity index (χ4v) is 2.45. The van der Waals surface area contributed by atoms with Crippen molar-refractivity contribution in [2.45, 2.75) is 13.2 Å². The van der Waals surface area contributed by atoms with Gasteiger partial charge in [-0.25, -0.2) is 4.79 Å². The van der Waals surface area contributed by atoms with Crippen LogP contribution in [0.5, 0.6) is 5.75 Å². The Labute approximate surface area is 156 Å². The average molecular weight is 363 g/mol. The van der Waals surface area contributed by atoms with Crippen molar-refractivity contribution < 1.29 is 19.2 Å². The van der Waals surface area contributed by atoms with E-state index in [1.807, 2.05) is 60.7 Å². The Balaban J connectivity index is 1.70. The van der Waals surface area contributed by atoms with Gasteiger partial charge in [0, 0.05) is 6.07 Å². The first-order valence-corrected chi connectivity index (χ1v) is 8.29. The molecule has 0 aromatic heterocycles. The Hall–Kier alpha value is -3.67. The van der Waals surface area contributed by atoms with E-state index in [9.17, 15) is 14.9 Å². The molecule has 0 amide bonds. The van der Waals surface area contributed by atoms with E-state index in [0.717, 1.165) is 11.1 Å². The van der Waals surface area contributed by atoms with Crippen LogP contribution in [-0.4, -0.2) is 10.9 Å². The summed E-state index contributed by atoms with van der Waals surface area (Å²) < 4.78 is 10.8. The van der Waals surface area contributed by atoms with Crippen LogP contribution in [0.3, 0.4) is 0 Å². The van der Waals surface area contributed by atoms with Crippen molar-refractivity contribution in [3.8, 4) is 5.75 Å². The molecule has 0 saturated heterocycles. The van der Waals surface area contributed by atoms with Crippen LogP contribution in [-0.2, 0) is 18.0 Å². The second-order valence-corrected chi connectivity index (χ2v) is 5.78. The van der Waals surface area contributed by atoms with Gasteiger partial charge < -0.3 is 9.47 Å². The van der Waals surface area contributed by atoms with Gasteiger partial charge in [0.25, 0.3) is 0 Å². The molecular formula is C21H17NO5. The number of nitro benzene ring substituents is 1. The molecule has 0 aliphatic rings. The van der Waals surface area contributed by atoms with Gasteiger partial charge in [0.2, 0.25) is 0 Å². The van der Waals surface area contributed by atoms with Crippen molar-refractivity contribution in [1.29, 1.82) is 0 Å². The highest BCUT2D eigenvalue weighted by molar-refractivity contribution is 5.90. The zero-order chi connectivity index (χ0) is 19.1. The lowest BCUT2D eigenvalue weighted by Gasteiger charge is -2.09. The molecule has 0 heterocycles. The fourth-order valence-electron chi connectivity index (χ4n) is 2.45. The Kier molecular flexibility index (Phi) is 5.79. The van der Waals surface area contributed by atoms with E-state index in [2.05, 4.69) is 0 Å². The summed E-state index contributed by atoms with van der Waals surface area (Å²) in [7, 11) is 0. The Bertz CT molecular complexity index is 926. The SMILES string of the molecule is O=C(OCc1ccccc1)c1ccc(OCc2ccccc2)c([N+](=O)[O-])c1. The maximum absolute atomic E-state index is 12.2. The number of hydrogen-bond donors (Lipinski definition) is 0. The van der Waals surface area contributed by atoms with Crippen LogP contribution in [0.2, 0.25) is 0 Å². The number of nitrogens with zero attached hydrogens (tertiary/aromatic N) is 1. The maximum atomic E-state index is 12.2. The molecule has 6 heteroatoms. The van der Waals surface area contributed by atoms with Gasteiger partial charge >= 0.3 is 11.7 Å². The molecule has 136 valence electrons. The lowest BCUT2D eigenvalue weighted by molar-refractivity contribution is -0.386. The second kappa shape index (κ2) is 8.62. The number of nitro groups is 1. The molecule has 27 heavy (non-hydrogen) atoms. The van der Waals surface area contributed by atoms with E-state index in [0.29, 0.717) is 0 Å². The zero-order valence-corrected chi connectivity index (χ0v) is 14.4. The molecule has 3 aromatic rings. The highest BCUT2D eigenvalue weighted by atomic mass is 16.6. The number of ether oxygens (including phenoxy) is 2. The summed E-state index contributed by atoms with van der Waals surface area (Å²) in [5.74, 6) is -0.528. The van der Waals surface area contributed by atoms with Crippen molar-refractivity contribution in [3.63, 3.8) is 0 Å².